The number of nitriles is 1. The molecule has 0 amide bonds. The van der Waals surface area contributed by atoms with E-state index in [9.17, 15) is 5.26 Å². The molecule has 0 radical (unpaired) electrons. The van der Waals surface area contributed by atoms with Crippen LogP contribution in [0, 0.1) is 11.3 Å². The molecule has 5 aromatic carbocycles. The molecule has 3 aliphatic rings. The predicted octanol–water partition coefficient (Wildman–Crippen LogP) is 8.35. The Bertz CT molecular complexity index is 1970. The molecule has 1 fully saturated rings. The summed E-state index contributed by atoms with van der Waals surface area (Å²) in [6.07, 6.45) is 0. The largest absolute Gasteiger partial charge is 0.496 e. The first-order valence-electron chi connectivity index (χ1n) is 14.8. The van der Waals surface area contributed by atoms with Gasteiger partial charge in [0.1, 0.15) is 0 Å². The molecule has 2 heterocycles. The first-order chi connectivity index (χ1) is 20.7. The van der Waals surface area contributed by atoms with Crippen LogP contribution in [0.5, 0.6) is 0 Å². The lowest BCUT2D eigenvalue weighted by Gasteiger charge is -2.40. The number of benzene rings is 5. The summed E-state index contributed by atoms with van der Waals surface area (Å²) in [7, 11) is -0.462. The SMILES string of the molecule is CC1(C)OB(c2cccc3c2Sc2ccccc2C32c3ccccc3-c3ccc(-c4ccc(C#N)cc4)cc32)OC1(C)C. The van der Waals surface area contributed by atoms with Gasteiger partial charge in [0.05, 0.1) is 28.2 Å². The highest BCUT2D eigenvalue weighted by atomic mass is 32.2. The summed E-state index contributed by atoms with van der Waals surface area (Å²) < 4.78 is 13.3. The van der Waals surface area contributed by atoms with Crippen LogP contribution in [0.3, 0.4) is 0 Å². The molecule has 0 saturated carbocycles. The second-order valence-corrected chi connectivity index (χ2v) is 13.7. The van der Waals surface area contributed by atoms with Gasteiger partial charge in [0.2, 0.25) is 0 Å². The Labute approximate surface area is 257 Å². The minimum atomic E-state index is -0.509. The van der Waals surface area contributed by atoms with E-state index in [1.54, 1.807) is 0 Å². The Balaban J connectivity index is 1.42. The Hall–Kier alpha value is -4.08. The van der Waals surface area contributed by atoms with E-state index in [-0.39, 0.29) is 0 Å². The second-order valence-electron chi connectivity index (χ2n) is 12.7. The summed E-state index contributed by atoms with van der Waals surface area (Å²) in [4.78, 5) is 2.44. The minimum absolute atomic E-state index is 0.433. The maximum atomic E-state index is 9.37. The van der Waals surface area contributed by atoms with Crippen LogP contribution in [0.25, 0.3) is 22.3 Å². The number of nitrogens with zero attached hydrogens (tertiary/aromatic N) is 1. The summed E-state index contributed by atoms with van der Waals surface area (Å²) in [6.45, 7) is 8.45. The standard InChI is InChI=1S/C38H30BNO2S/c1-36(2)37(3,4)42-39(41-36)33-14-9-13-31-35(33)43-34-15-8-7-12-30(34)38(31)29-11-6-5-10-27(29)28-21-20-26(22-32(28)38)25-18-16-24(23-40)17-19-25/h5-22H,1-4H3. The van der Waals surface area contributed by atoms with E-state index in [1.165, 1.54) is 43.2 Å². The molecular weight excluding hydrogens is 545 g/mol. The first kappa shape index (κ1) is 26.5. The van der Waals surface area contributed by atoms with Crippen LogP contribution in [-0.2, 0) is 14.7 Å². The van der Waals surface area contributed by atoms with Crippen LogP contribution in [0.4, 0.5) is 0 Å². The van der Waals surface area contributed by atoms with Gasteiger partial charge in [0.15, 0.2) is 0 Å². The van der Waals surface area contributed by atoms with E-state index in [0.717, 1.165) is 16.6 Å². The van der Waals surface area contributed by atoms with E-state index in [2.05, 4.69) is 119 Å². The van der Waals surface area contributed by atoms with Gasteiger partial charge in [-0.25, -0.2) is 0 Å². The molecule has 1 spiro atoms. The van der Waals surface area contributed by atoms with Crippen molar-refractivity contribution in [3.05, 3.63) is 137 Å². The van der Waals surface area contributed by atoms with Gasteiger partial charge in [-0.3, -0.25) is 0 Å². The van der Waals surface area contributed by atoms with Crippen molar-refractivity contribution in [2.24, 2.45) is 0 Å². The molecule has 208 valence electrons. The Morgan fingerprint density at radius 1 is 0.628 bits per heavy atom. The van der Waals surface area contributed by atoms with Crippen LogP contribution >= 0.6 is 11.8 Å². The lowest BCUT2D eigenvalue weighted by molar-refractivity contribution is 0.00578. The zero-order valence-corrected chi connectivity index (χ0v) is 25.5. The lowest BCUT2D eigenvalue weighted by Crippen LogP contribution is -2.41. The van der Waals surface area contributed by atoms with Crippen molar-refractivity contribution in [2.45, 2.75) is 54.1 Å². The molecule has 43 heavy (non-hydrogen) atoms. The summed E-state index contributed by atoms with van der Waals surface area (Å²) in [5.74, 6) is 0. The predicted molar refractivity (Wildman–Crippen MR) is 174 cm³/mol. The molecule has 0 bridgehead atoms. The molecule has 5 heteroatoms. The van der Waals surface area contributed by atoms with Gasteiger partial charge in [0, 0.05) is 9.79 Å². The van der Waals surface area contributed by atoms with E-state index in [0.29, 0.717) is 5.56 Å². The molecule has 1 unspecified atom stereocenters. The molecule has 3 nitrogen and oxygen atoms in total. The zero-order valence-electron chi connectivity index (χ0n) is 24.6. The van der Waals surface area contributed by atoms with Crippen molar-refractivity contribution in [3.63, 3.8) is 0 Å². The van der Waals surface area contributed by atoms with Gasteiger partial charge in [-0.2, -0.15) is 5.26 Å². The second kappa shape index (κ2) is 9.21. The number of hydrogen-bond acceptors (Lipinski definition) is 4. The van der Waals surface area contributed by atoms with Crippen molar-refractivity contribution >= 4 is 24.3 Å². The molecule has 5 aromatic rings. The highest BCUT2D eigenvalue weighted by molar-refractivity contribution is 7.99. The highest BCUT2D eigenvalue weighted by Gasteiger charge is 2.55. The molecule has 1 atom stereocenters. The topological polar surface area (TPSA) is 42.2 Å². The fraction of sp³-hybridized carbons (Fsp3) is 0.184. The fourth-order valence-corrected chi connectivity index (χ4v) is 8.33. The summed E-state index contributed by atoms with van der Waals surface area (Å²) >= 11 is 1.82. The molecule has 2 aliphatic heterocycles. The normalized spacial score (nSPS) is 20.2. The van der Waals surface area contributed by atoms with Gasteiger partial charge in [-0.15, -0.1) is 0 Å². The molecule has 0 N–H and O–H groups in total. The quantitative estimate of drug-likeness (QED) is 0.194. The summed E-state index contributed by atoms with van der Waals surface area (Å²) in [5, 5.41) is 9.37. The van der Waals surface area contributed by atoms with Gasteiger partial charge < -0.3 is 9.31 Å². The minimum Gasteiger partial charge on any atom is -0.399 e. The van der Waals surface area contributed by atoms with Crippen LogP contribution in [0.1, 0.15) is 55.5 Å². The van der Waals surface area contributed by atoms with E-state index in [1.807, 2.05) is 36.0 Å². The van der Waals surface area contributed by atoms with Crippen LogP contribution in [-0.4, -0.2) is 18.3 Å². The maximum Gasteiger partial charge on any atom is 0.496 e. The Kier molecular flexibility index (Phi) is 5.69. The molecular formula is C38H30BNO2S. The monoisotopic (exact) mass is 575 g/mol. The van der Waals surface area contributed by atoms with Crippen molar-refractivity contribution in [3.8, 4) is 28.3 Å². The van der Waals surface area contributed by atoms with Crippen LogP contribution < -0.4 is 5.46 Å². The Morgan fingerprint density at radius 2 is 1.26 bits per heavy atom. The lowest BCUT2D eigenvalue weighted by atomic mass is 9.65. The smallest absolute Gasteiger partial charge is 0.399 e. The van der Waals surface area contributed by atoms with Gasteiger partial charge >= 0.3 is 7.12 Å². The van der Waals surface area contributed by atoms with Gasteiger partial charge in [0.25, 0.3) is 0 Å². The third kappa shape index (κ3) is 3.64. The molecule has 1 aliphatic carbocycles. The highest BCUT2D eigenvalue weighted by Crippen LogP contribution is 2.62. The van der Waals surface area contributed by atoms with Crippen molar-refractivity contribution in [2.75, 3.05) is 0 Å². The van der Waals surface area contributed by atoms with E-state index < -0.39 is 23.7 Å². The summed E-state index contributed by atoms with van der Waals surface area (Å²) in [5.41, 5.74) is 10.2. The molecule has 0 aromatic heterocycles. The first-order valence-corrected chi connectivity index (χ1v) is 15.6. The average Bonchev–Trinajstić information content (AvgIpc) is 3.43. The third-order valence-electron chi connectivity index (χ3n) is 9.85. The van der Waals surface area contributed by atoms with Gasteiger partial charge in [-0.1, -0.05) is 96.7 Å². The van der Waals surface area contributed by atoms with E-state index >= 15 is 0 Å². The van der Waals surface area contributed by atoms with Crippen molar-refractivity contribution < 1.29 is 9.31 Å². The van der Waals surface area contributed by atoms with E-state index in [4.69, 9.17) is 9.31 Å². The molecule has 1 saturated heterocycles. The Morgan fingerprint density at radius 3 is 2.00 bits per heavy atom. The van der Waals surface area contributed by atoms with Crippen molar-refractivity contribution in [1.29, 1.82) is 5.26 Å². The van der Waals surface area contributed by atoms with Crippen molar-refractivity contribution in [1.82, 2.24) is 0 Å². The number of rotatable bonds is 2. The van der Waals surface area contributed by atoms with Gasteiger partial charge in [-0.05, 0) is 102 Å². The molecule has 8 rings (SSSR count). The van der Waals surface area contributed by atoms with Crippen LogP contribution in [0.2, 0.25) is 0 Å². The fourth-order valence-electron chi connectivity index (χ4n) is 7.02. The maximum absolute atomic E-state index is 9.37. The summed E-state index contributed by atoms with van der Waals surface area (Å²) in [6, 6.07) is 41.3. The average molecular weight is 576 g/mol. The number of hydrogen-bond donors (Lipinski definition) is 0. The third-order valence-corrected chi connectivity index (χ3v) is 11.1. The number of fused-ring (bicyclic) bond motifs is 9. The van der Waals surface area contributed by atoms with Crippen LogP contribution in [0.15, 0.2) is 119 Å². The zero-order chi connectivity index (χ0) is 29.6.